The first-order chi connectivity index (χ1) is 21.8. The number of carbonyl (C=O) groups is 2. The van der Waals surface area contributed by atoms with Crippen molar-refractivity contribution in [3.05, 3.63) is 88.6 Å². The van der Waals surface area contributed by atoms with E-state index >= 15 is 0 Å². The summed E-state index contributed by atoms with van der Waals surface area (Å²) >= 11 is 0. The minimum Gasteiger partial charge on any atom is -0.473 e. The number of nitrogens with zero attached hydrogens (tertiary/aromatic N) is 4. The molecule has 6 rings (SSSR count). The predicted octanol–water partition coefficient (Wildman–Crippen LogP) is 5.94. The Kier molecular flexibility index (Phi) is 9.23. The Labute approximate surface area is 262 Å². The highest BCUT2D eigenvalue weighted by Crippen LogP contribution is 2.30. The molecule has 2 aromatic carbocycles. The van der Waals surface area contributed by atoms with E-state index in [0.717, 1.165) is 61.5 Å². The highest BCUT2D eigenvalue weighted by atomic mass is 19.1. The SMILES string of the molecule is COC(=O)c1ccc2nc(CN3CCC(c4cccc(OCc5ccc(C(=O)C(C)C)cc5F)n4)CC3)n(CC3CCO3)c2c1. The maximum absolute atomic E-state index is 14.7. The minimum atomic E-state index is -0.456. The van der Waals surface area contributed by atoms with Crippen molar-refractivity contribution in [2.45, 2.75) is 64.8 Å². The van der Waals surface area contributed by atoms with Crippen LogP contribution in [0.1, 0.15) is 76.8 Å². The van der Waals surface area contributed by atoms with E-state index in [-0.39, 0.29) is 36.3 Å². The maximum Gasteiger partial charge on any atom is 0.337 e. The highest BCUT2D eigenvalue weighted by Gasteiger charge is 2.26. The Bertz CT molecular complexity index is 1690. The van der Waals surface area contributed by atoms with Crippen LogP contribution in [-0.2, 0) is 29.2 Å². The standard InChI is InChI=1S/C35H39FN4O5/c1-22(2)34(41)24-7-8-26(28(36)17-24)21-45-33-6-4-5-29(38-33)23-11-14-39(15-12-23)20-32-37-30-10-9-25(35(42)43-3)18-31(30)40(32)19-27-13-16-44-27/h4-10,17-18,22-23,27H,11-16,19-21H2,1-3H3. The first kappa shape index (κ1) is 30.9. The molecule has 2 aliphatic heterocycles. The van der Waals surface area contributed by atoms with Gasteiger partial charge in [0.1, 0.15) is 18.2 Å². The predicted molar refractivity (Wildman–Crippen MR) is 167 cm³/mol. The van der Waals surface area contributed by atoms with Crippen LogP contribution in [0.3, 0.4) is 0 Å². The molecule has 0 amide bonds. The average molecular weight is 615 g/mol. The van der Waals surface area contributed by atoms with Gasteiger partial charge in [0.25, 0.3) is 0 Å². The number of halogens is 1. The zero-order valence-electron chi connectivity index (χ0n) is 26.0. The molecule has 1 unspecified atom stereocenters. The van der Waals surface area contributed by atoms with Crippen molar-refractivity contribution in [2.24, 2.45) is 5.92 Å². The first-order valence-corrected chi connectivity index (χ1v) is 15.6. The average Bonchev–Trinajstić information content (AvgIpc) is 3.37. The normalized spacial score (nSPS) is 17.4. The lowest BCUT2D eigenvalue weighted by Gasteiger charge is -2.32. The summed E-state index contributed by atoms with van der Waals surface area (Å²) in [6.45, 7) is 7.59. The fourth-order valence-corrected chi connectivity index (χ4v) is 6.00. The summed E-state index contributed by atoms with van der Waals surface area (Å²) in [6.07, 6.45) is 3.04. The van der Waals surface area contributed by atoms with Gasteiger partial charge in [-0.25, -0.2) is 19.2 Å². The number of ketones is 1. The Morgan fingerprint density at radius 1 is 1.02 bits per heavy atom. The highest BCUT2D eigenvalue weighted by molar-refractivity contribution is 5.97. The number of fused-ring (bicyclic) bond motifs is 1. The summed E-state index contributed by atoms with van der Waals surface area (Å²) < 4.78 is 33.4. The zero-order chi connectivity index (χ0) is 31.5. The molecule has 0 radical (unpaired) electrons. The van der Waals surface area contributed by atoms with Gasteiger partial charge in [-0.05, 0) is 62.7 Å². The third-order valence-electron chi connectivity index (χ3n) is 8.78. The van der Waals surface area contributed by atoms with Gasteiger partial charge >= 0.3 is 5.97 Å². The summed E-state index contributed by atoms with van der Waals surface area (Å²) in [4.78, 5) is 36.5. The van der Waals surface area contributed by atoms with E-state index in [2.05, 4.69) is 9.47 Å². The van der Waals surface area contributed by atoms with Gasteiger partial charge in [-0.3, -0.25) is 9.69 Å². The van der Waals surface area contributed by atoms with Crippen LogP contribution < -0.4 is 4.74 Å². The van der Waals surface area contributed by atoms with E-state index in [1.54, 1.807) is 38.1 Å². The largest absolute Gasteiger partial charge is 0.473 e. The number of esters is 1. The second-order valence-electron chi connectivity index (χ2n) is 12.2. The molecule has 0 spiro atoms. The molecule has 2 saturated heterocycles. The number of carbonyl (C=O) groups excluding carboxylic acids is 2. The van der Waals surface area contributed by atoms with Gasteiger partial charge in [0, 0.05) is 41.3 Å². The molecular weight excluding hydrogens is 575 g/mol. The van der Waals surface area contributed by atoms with Crippen molar-refractivity contribution in [3.63, 3.8) is 0 Å². The number of pyridine rings is 1. The molecule has 2 aromatic heterocycles. The summed E-state index contributed by atoms with van der Waals surface area (Å²) in [5.74, 6) is 0.604. The van der Waals surface area contributed by atoms with Crippen LogP contribution in [-0.4, -0.2) is 64.1 Å². The van der Waals surface area contributed by atoms with Gasteiger partial charge < -0.3 is 18.8 Å². The molecule has 0 N–H and O–H groups in total. The number of ether oxygens (including phenoxy) is 3. The maximum atomic E-state index is 14.7. The molecule has 9 nitrogen and oxygen atoms in total. The van der Waals surface area contributed by atoms with Crippen LogP contribution in [0.4, 0.5) is 4.39 Å². The third kappa shape index (κ3) is 6.92. The molecule has 10 heteroatoms. The molecule has 0 saturated carbocycles. The van der Waals surface area contributed by atoms with Crippen molar-refractivity contribution in [3.8, 4) is 5.88 Å². The van der Waals surface area contributed by atoms with Gasteiger partial charge in [-0.2, -0.15) is 0 Å². The molecule has 4 heterocycles. The van der Waals surface area contributed by atoms with Gasteiger partial charge in [0.05, 0.1) is 42.9 Å². The van der Waals surface area contributed by atoms with E-state index in [0.29, 0.717) is 35.7 Å². The monoisotopic (exact) mass is 614 g/mol. The smallest absolute Gasteiger partial charge is 0.337 e. The van der Waals surface area contributed by atoms with Crippen molar-refractivity contribution in [2.75, 3.05) is 26.8 Å². The number of imidazole rings is 1. The lowest BCUT2D eigenvalue weighted by Crippen LogP contribution is -2.35. The molecular formula is C35H39FN4O5. The number of likely N-dealkylation sites (tertiary alicyclic amines) is 1. The minimum absolute atomic E-state index is 0.0326. The lowest BCUT2D eigenvalue weighted by atomic mass is 9.93. The summed E-state index contributed by atoms with van der Waals surface area (Å²) in [7, 11) is 1.39. The molecule has 45 heavy (non-hydrogen) atoms. The van der Waals surface area contributed by atoms with E-state index in [4.69, 9.17) is 24.2 Å². The Balaban J connectivity index is 1.09. The molecule has 2 fully saturated rings. The van der Waals surface area contributed by atoms with Gasteiger partial charge in [0.15, 0.2) is 5.78 Å². The van der Waals surface area contributed by atoms with Crippen LogP contribution in [0, 0.1) is 11.7 Å². The number of rotatable bonds is 11. The number of Topliss-reactive ketones (excluding diaryl/α,β-unsaturated/α-hetero) is 1. The van der Waals surface area contributed by atoms with Crippen molar-refractivity contribution >= 4 is 22.8 Å². The third-order valence-corrected chi connectivity index (χ3v) is 8.78. The fraction of sp³-hybridized carbons (Fsp3) is 0.429. The fourth-order valence-electron chi connectivity index (χ4n) is 6.00. The summed E-state index contributed by atoms with van der Waals surface area (Å²) in [5, 5.41) is 0. The number of hydrogen-bond acceptors (Lipinski definition) is 8. The molecule has 2 aliphatic rings. The van der Waals surface area contributed by atoms with Crippen molar-refractivity contribution in [1.82, 2.24) is 19.4 Å². The Hall–Kier alpha value is -4.15. The van der Waals surface area contributed by atoms with Crippen molar-refractivity contribution in [1.29, 1.82) is 0 Å². The van der Waals surface area contributed by atoms with E-state index in [1.807, 2.05) is 24.3 Å². The molecule has 1 atom stereocenters. The van der Waals surface area contributed by atoms with Crippen LogP contribution in [0.2, 0.25) is 0 Å². The summed E-state index contributed by atoms with van der Waals surface area (Å²) in [6, 6.07) is 15.8. The number of piperidine rings is 1. The number of aromatic nitrogens is 3. The van der Waals surface area contributed by atoms with E-state index in [9.17, 15) is 14.0 Å². The first-order valence-electron chi connectivity index (χ1n) is 15.6. The number of methoxy groups -OCH3 is 1. The molecule has 0 aliphatic carbocycles. The lowest BCUT2D eigenvalue weighted by molar-refractivity contribution is -0.0592. The van der Waals surface area contributed by atoms with Crippen LogP contribution >= 0.6 is 0 Å². The van der Waals surface area contributed by atoms with Gasteiger partial charge in [-0.15, -0.1) is 0 Å². The molecule has 0 bridgehead atoms. The van der Waals surface area contributed by atoms with Crippen LogP contribution in [0.15, 0.2) is 54.6 Å². The van der Waals surface area contributed by atoms with Crippen LogP contribution in [0.5, 0.6) is 5.88 Å². The Morgan fingerprint density at radius 3 is 2.49 bits per heavy atom. The van der Waals surface area contributed by atoms with E-state index < -0.39 is 5.82 Å². The summed E-state index contributed by atoms with van der Waals surface area (Å²) in [5.41, 5.74) is 4.00. The number of hydrogen-bond donors (Lipinski definition) is 0. The quantitative estimate of drug-likeness (QED) is 0.151. The van der Waals surface area contributed by atoms with Gasteiger partial charge in [0.2, 0.25) is 5.88 Å². The van der Waals surface area contributed by atoms with E-state index in [1.165, 1.54) is 13.2 Å². The zero-order valence-corrected chi connectivity index (χ0v) is 26.0. The topological polar surface area (TPSA) is 95.8 Å². The molecule has 4 aromatic rings. The van der Waals surface area contributed by atoms with Crippen LogP contribution in [0.25, 0.3) is 11.0 Å². The second kappa shape index (κ2) is 13.5. The second-order valence-corrected chi connectivity index (χ2v) is 12.2. The molecule has 236 valence electrons. The van der Waals surface area contributed by atoms with Crippen molar-refractivity contribution < 1.29 is 28.2 Å². The Morgan fingerprint density at radius 2 is 1.80 bits per heavy atom. The van der Waals surface area contributed by atoms with Gasteiger partial charge in [-0.1, -0.05) is 32.0 Å². The number of benzene rings is 2.